The lowest BCUT2D eigenvalue weighted by Gasteiger charge is -2.36. The Hall–Kier alpha value is -0.790. The summed E-state index contributed by atoms with van der Waals surface area (Å²) in [5, 5.41) is 3.13. The van der Waals surface area contributed by atoms with E-state index in [9.17, 15) is 8.42 Å². The molecule has 0 atom stereocenters. The average molecular weight is 329 g/mol. The minimum absolute atomic E-state index is 0.0400. The van der Waals surface area contributed by atoms with Crippen LogP contribution in [0.3, 0.4) is 0 Å². The molecule has 118 valence electrons. The molecule has 1 aliphatic rings. The van der Waals surface area contributed by atoms with Crippen molar-refractivity contribution in [2.24, 2.45) is 0 Å². The summed E-state index contributed by atoms with van der Waals surface area (Å²) in [5.74, 6) is 1.45. The largest absolute Gasteiger partial charge is 0.370 e. The number of anilines is 1. The average Bonchev–Trinajstić information content (AvgIpc) is 2.44. The Morgan fingerprint density at radius 2 is 2.24 bits per heavy atom. The molecule has 0 bridgehead atoms. The Bertz CT molecular complexity index is 588. The van der Waals surface area contributed by atoms with E-state index in [1.807, 2.05) is 11.8 Å². The van der Waals surface area contributed by atoms with Gasteiger partial charge in [-0.1, -0.05) is 6.92 Å². The number of hydrogen-bond acceptors (Lipinski definition) is 5. The molecule has 2 heterocycles. The van der Waals surface area contributed by atoms with Gasteiger partial charge in [0.25, 0.3) is 0 Å². The van der Waals surface area contributed by atoms with Crippen molar-refractivity contribution in [1.82, 2.24) is 9.29 Å². The van der Waals surface area contributed by atoms with Crippen LogP contribution < -0.4 is 5.32 Å². The van der Waals surface area contributed by atoms with Crippen molar-refractivity contribution in [3.63, 3.8) is 0 Å². The summed E-state index contributed by atoms with van der Waals surface area (Å²) >= 11 is 1.82. The lowest BCUT2D eigenvalue weighted by Crippen LogP contribution is -2.46. The van der Waals surface area contributed by atoms with Crippen molar-refractivity contribution in [3.05, 3.63) is 18.3 Å². The first-order chi connectivity index (χ1) is 9.85. The highest BCUT2D eigenvalue weighted by molar-refractivity contribution is 8.00. The van der Waals surface area contributed by atoms with Crippen LogP contribution in [-0.2, 0) is 10.0 Å². The third-order valence-corrected chi connectivity index (χ3v) is 6.45. The number of hydrogen-bond donors (Lipinski definition) is 1. The van der Waals surface area contributed by atoms with Crippen molar-refractivity contribution in [2.45, 2.75) is 36.8 Å². The van der Waals surface area contributed by atoms with E-state index >= 15 is 0 Å². The molecule has 0 aromatic carbocycles. The normalized spacial score (nSPS) is 19.4. The summed E-state index contributed by atoms with van der Waals surface area (Å²) in [5.41, 5.74) is 0. The van der Waals surface area contributed by atoms with E-state index in [1.54, 1.807) is 22.6 Å². The molecule has 0 unspecified atom stereocenters. The molecule has 1 aromatic heterocycles. The first kappa shape index (κ1) is 16.6. The summed E-state index contributed by atoms with van der Waals surface area (Å²) in [4.78, 5) is 4.48. The van der Waals surface area contributed by atoms with Gasteiger partial charge < -0.3 is 5.32 Å². The molecule has 1 N–H and O–H groups in total. The molecule has 0 aliphatic carbocycles. The molecular weight excluding hydrogens is 306 g/mol. The summed E-state index contributed by atoms with van der Waals surface area (Å²) in [6.45, 7) is 8.11. The second kappa shape index (κ2) is 6.54. The van der Waals surface area contributed by atoms with E-state index in [1.165, 1.54) is 0 Å². The number of nitrogens with zero attached hydrogens (tertiary/aromatic N) is 2. The number of rotatable bonds is 5. The summed E-state index contributed by atoms with van der Waals surface area (Å²) in [7, 11) is -3.44. The molecule has 0 saturated carbocycles. The molecular formula is C14H23N3O2S2. The lowest BCUT2D eigenvalue weighted by molar-refractivity contribution is 0.387. The zero-order valence-electron chi connectivity index (χ0n) is 12.8. The third-order valence-electron chi connectivity index (χ3n) is 3.32. The third kappa shape index (κ3) is 4.11. The first-order valence-electron chi connectivity index (χ1n) is 7.19. The standard InChI is InChI=1S/C14H23N3O2S2/c1-4-6-15-13-10-12(5-7-16-13)21(18,19)17-8-9-20-14(2,3)11-17/h5,7,10H,4,6,8-9,11H2,1-3H3,(H,15,16). The van der Waals surface area contributed by atoms with Crippen LogP contribution in [0.25, 0.3) is 0 Å². The zero-order chi connectivity index (χ0) is 15.5. The van der Waals surface area contributed by atoms with Crippen LogP contribution in [0.4, 0.5) is 5.82 Å². The predicted octanol–water partition coefficient (Wildman–Crippen LogP) is 2.42. The van der Waals surface area contributed by atoms with Gasteiger partial charge in [0.05, 0.1) is 4.90 Å². The monoisotopic (exact) mass is 329 g/mol. The smallest absolute Gasteiger partial charge is 0.243 e. The minimum Gasteiger partial charge on any atom is -0.370 e. The molecule has 7 heteroatoms. The quantitative estimate of drug-likeness (QED) is 0.899. The minimum atomic E-state index is -3.44. The molecule has 21 heavy (non-hydrogen) atoms. The van der Waals surface area contributed by atoms with Crippen molar-refractivity contribution < 1.29 is 8.42 Å². The van der Waals surface area contributed by atoms with Crippen LogP contribution in [0.5, 0.6) is 0 Å². The highest BCUT2D eigenvalue weighted by Gasteiger charge is 2.34. The number of aromatic nitrogens is 1. The Morgan fingerprint density at radius 3 is 2.90 bits per heavy atom. The lowest BCUT2D eigenvalue weighted by atomic mass is 10.2. The number of nitrogens with one attached hydrogen (secondary N) is 1. The van der Waals surface area contributed by atoms with Gasteiger partial charge in [-0.15, -0.1) is 0 Å². The van der Waals surface area contributed by atoms with Gasteiger partial charge >= 0.3 is 0 Å². The number of thioether (sulfide) groups is 1. The molecule has 0 amide bonds. The van der Waals surface area contributed by atoms with Crippen LogP contribution >= 0.6 is 11.8 Å². The van der Waals surface area contributed by atoms with Crippen molar-refractivity contribution in [1.29, 1.82) is 0 Å². The number of sulfonamides is 1. The Morgan fingerprint density at radius 1 is 1.48 bits per heavy atom. The maximum absolute atomic E-state index is 12.8. The second-order valence-electron chi connectivity index (χ2n) is 5.75. The summed E-state index contributed by atoms with van der Waals surface area (Å²) in [6, 6.07) is 3.20. The zero-order valence-corrected chi connectivity index (χ0v) is 14.4. The van der Waals surface area contributed by atoms with Gasteiger partial charge in [0.15, 0.2) is 0 Å². The second-order valence-corrected chi connectivity index (χ2v) is 9.49. The van der Waals surface area contributed by atoms with E-state index < -0.39 is 10.0 Å². The van der Waals surface area contributed by atoms with Gasteiger partial charge in [-0.25, -0.2) is 13.4 Å². The van der Waals surface area contributed by atoms with Gasteiger partial charge in [-0.2, -0.15) is 16.1 Å². The fraction of sp³-hybridized carbons (Fsp3) is 0.643. The predicted molar refractivity (Wildman–Crippen MR) is 88.3 cm³/mol. The molecule has 0 radical (unpaired) electrons. The number of pyridine rings is 1. The van der Waals surface area contributed by atoms with Crippen LogP contribution in [0.15, 0.2) is 23.2 Å². The van der Waals surface area contributed by atoms with Crippen molar-refractivity contribution >= 4 is 27.6 Å². The Balaban J connectivity index is 2.23. The fourth-order valence-corrected chi connectivity index (χ4v) is 5.17. The Labute approximate surface area is 131 Å². The Kier molecular flexibility index (Phi) is 5.16. The van der Waals surface area contributed by atoms with E-state index in [0.717, 1.165) is 18.7 Å². The van der Waals surface area contributed by atoms with Gasteiger partial charge in [0.1, 0.15) is 5.82 Å². The van der Waals surface area contributed by atoms with Gasteiger partial charge in [0, 0.05) is 42.4 Å². The molecule has 0 spiro atoms. The van der Waals surface area contributed by atoms with Crippen LogP contribution in [-0.4, -0.2) is 47.8 Å². The molecule has 1 fully saturated rings. The fourth-order valence-electron chi connectivity index (χ4n) is 2.25. The maximum atomic E-state index is 12.8. The maximum Gasteiger partial charge on any atom is 0.243 e. The van der Waals surface area contributed by atoms with Crippen LogP contribution in [0.1, 0.15) is 27.2 Å². The highest BCUT2D eigenvalue weighted by Crippen LogP contribution is 2.32. The van der Waals surface area contributed by atoms with E-state index in [4.69, 9.17) is 0 Å². The molecule has 1 aromatic rings. The highest BCUT2D eigenvalue weighted by atomic mass is 32.2. The van der Waals surface area contributed by atoms with Gasteiger partial charge in [-0.3, -0.25) is 0 Å². The van der Waals surface area contributed by atoms with Gasteiger partial charge in [-0.05, 0) is 26.3 Å². The SMILES string of the molecule is CCCNc1cc(S(=O)(=O)N2CCSC(C)(C)C2)ccn1. The first-order valence-corrected chi connectivity index (χ1v) is 9.62. The topological polar surface area (TPSA) is 62.3 Å². The summed E-state index contributed by atoms with van der Waals surface area (Å²) < 4.78 is 27.1. The van der Waals surface area contributed by atoms with E-state index in [2.05, 4.69) is 31.1 Å². The van der Waals surface area contributed by atoms with E-state index in [0.29, 0.717) is 23.8 Å². The van der Waals surface area contributed by atoms with Gasteiger partial charge in [0.2, 0.25) is 10.0 Å². The van der Waals surface area contributed by atoms with Crippen molar-refractivity contribution in [2.75, 3.05) is 30.7 Å². The van der Waals surface area contributed by atoms with E-state index in [-0.39, 0.29) is 4.75 Å². The molecule has 1 aliphatic heterocycles. The molecule has 1 saturated heterocycles. The van der Waals surface area contributed by atoms with Crippen LogP contribution in [0, 0.1) is 0 Å². The summed E-state index contributed by atoms with van der Waals surface area (Å²) in [6.07, 6.45) is 2.52. The molecule has 5 nitrogen and oxygen atoms in total. The van der Waals surface area contributed by atoms with Crippen LogP contribution in [0.2, 0.25) is 0 Å². The molecule has 2 rings (SSSR count). The van der Waals surface area contributed by atoms with Crippen molar-refractivity contribution in [3.8, 4) is 0 Å².